The molecule has 1 aliphatic carbocycles. The number of amides is 1. The quantitative estimate of drug-likeness (QED) is 0.663. The second-order valence-corrected chi connectivity index (χ2v) is 5.82. The first-order valence-electron chi connectivity index (χ1n) is 8.03. The minimum Gasteiger partial charge on any atom is -0.480 e. The molecule has 0 aromatic heterocycles. The summed E-state index contributed by atoms with van der Waals surface area (Å²) in [6, 6.07) is 8.39. The molecule has 0 saturated heterocycles. The van der Waals surface area contributed by atoms with E-state index in [-0.39, 0.29) is 31.6 Å². The van der Waals surface area contributed by atoms with Crippen LogP contribution in [0.4, 0.5) is 0 Å². The third kappa shape index (κ3) is 5.04. The van der Waals surface area contributed by atoms with Crippen molar-refractivity contribution in [2.24, 2.45) is 0 Å². The van der Waals surface area contributed by atoms with Crippen LogP contribution >= 0.6 is 0 Å². The summed E-state index contributed by atoms with van der Waals surface area (Å²) < 4.78 is 0. The van der Waals surface area contributed by atoms with Crippen LogP contribution in [0.25, 0.3) is 0 Å². The summed E-state index contributed by atoms with van der Waals surface area (Å²) in [5, 5.41) is 20.2. The Morgan fingerprint density at radius 2 is 2.09 bits per heavy atom. The Morgan fingerprint density at radius 3 is 2.83 bits per heavy atom. The summed E-state index contributed by atoms with van der Waals surface area (Å²) in [4.78, 5) is 24.6. The molecule has 1 aliphatic rings. The van der Waals surface area contributed by atoms with Gasteiger partial charge in [-0.1, -0.05) is 24.3 Å². The third-order valence-electron chi connectivity index (χ3n) is 4.17. The fraction of sp³-hybridized carbons (Fsp3) is 0.529. The zero-order chi connectivity index (χ0) is 16.7. The lowest BCUT2D eigenvalue weighted by molar-refractivity contribution is -0.138. The lowest BCUT2D eigenvalue weighted by Crippen LogP contribution is -2.42. The molecule has 1 aromatic rings. The van der Waals surface area contributed by atoms with E-state index in [4.69, 9.17) is 10.2 Å². The molecule has 0 bridgehead atoms. The molecule has 6 nitrogen and oxygen atoms in total. The lowest BCUT2D eigenvalue weighted by atomic mass is 9.86. The van der Waals surface area contributed by atoms with Gasteiger partial charge in [-0.3, -0.25) is 14.5 Å². The molecular weight excluding hydrogens is 296 g/mol. The van der Waals surface area contributed by atoms with Gasteiger partial charge in [0.2, 0.25) is 5.91 Å². The number of carboxylic acid groups (broad SMARTS) is 1. The minimum absolute atomic E-state index is 0.0710. The molecule has 2 rings (SSSR count). The average molecular weight is 320 g/mol. The van der Waals surface area contributed by atoms with Crippen molar-refractivity contribution in [2.45, 2.75) is 31.7 Å². The van der Waals surface area contributed by atoms with Crippen LogP contribution in [0.15, 0.2) is 24.3 Å². The number of aliphatic carboxylic acids is 1. The maximum absolute atomic E-state index is 12.0. The molecule has 23 heavy (non-hydrogen) atoms. The first-order chi connectivity index (χ1) is 11.1. The number of nitrogens with zero attached hydrogens (tertiary/aromatic N) is 1. The Kier molecular flexibility index (Phi) is 6.55. The predicted molar refractivity (Wildman–Crippen MR) is 86.0 cm³/mol. The van der Waals surface area contributed by atoms with Crippen molar-refractivity contribution in [2.75, 3.05) is 26.2 Å². The molecule has 0 heterocycles. The molecule has 1 aromatic carbocycles. The van der Waals surface area contributed by atoms with Gasteiger partial charge < -0.3 is 15.5 Å². The summed E-state index contributed by atoms with van der Waals surface area (Å²) in [5.74, 6) is -1.35. The van der Waals surface area contributed by atoms with Crippen LogP contribution in [-0.4, -0.2) is 53.2 Å². The maximum atomic E-state index is 12.0. The third-order valence-corrected chi connectivity index (χ3v) is 4.17. The fourth-order valence-corrected chi connectivity index (χ4v) is 3.14. The van der Waals surface area contributed by atoms with Gasteiger partial charge in [-0.25, -0.2) is 0 Å². The number of rotatable bonds is 8. The zero-order valence-corrected chi connectivity index (χ0v) is 13.2. The van der Waals surface area contributed by atoms with Gasteiger partial charge in [0, 0.05) is 19.2 Å². The molecule has 0 aliphatic heterocycles. The number of fused-ring (bicyclic) bond motifs is 1. The average Bonchev–Trinajstić information content (AvgIpc) is 2.56. The smallest absolute Gasteiger partial charge is 0.322 e. The van der Waals surface area contributed by atoms with E-state index >= 15 is 0 Å². The summed E-state index contributed by atoms with van der Waals surface area (Å²) in [6.45, 7) is 0.456. The normalized spacial score (nSPS) is 16.9. The first-order valence-corrected chi connectivity index (χ1v) is 8.03. The van der Waals surface area contributed by atoms with Crippen LogP contribution in [0, 0.1) is 0 Å². The molecule has 6 heteroatoms. The van der Waals surface area contributed by atoms with Crippen LogP contribution in [0.5, 0.6) is 0 Å². The summed E-state index contributed by atoms with van der Waals surface area (Å²) in [6.07, 6.45) is 3.67. The summed E-state index contributed by atoms with van der Waals surface area (Å²) >= 11 is 0. The molecule has 1 atom stereocenters. The van der Waals surface area contributed by atoms with Crippen molar-refractivity contribution in [1.82, 2.24) is 10.2 Å². The number of carbonyl (C=O) groups is 2. The van der Waals surface area contributed by atoms with E-state index in [0.29, 0.717) is 13.0 Å². The van der Waals surface area contributed by atoms with Gasteiger partial charge in [-0.05, 0) is 36.8 Å². The first kappa shape index (κ1) is 17.4. The maximum Gasteiger partial charge on any atom is 0.322 e. The number of aliphatic hydroxyl groups is 1. The van der Waals surface area contributed by atoms with E-state index in [0.717, 1.165) is 19.3 Å². The minimum atomic E-state index is -1.05. The number of benzene rings is 1. The Bertz CT molecular complexity index is 547. The Balaban J connectivity index is 2.09. The largest absolute Gasteiger partial charge is 0.480 e. The van der Waals surface area contributed by atoms with Crippen LogP contribution < -0.4 is 5.32 Å². The molecule has 126 valence electrons. The molecule has 1 amide bonds. The van der Waals surface area contributed by atoms with E-state index in [2.05, 4.69) is 17.4 Å². The van der Waals surface area contributed by atoms with Crippen molar-refractivity contribution in [3.8, 4) is 0 Å². The Morgan fingerprint density at radius 1 is 1.30 bits per heavy atom. The fourth-order valence-electron chi connectivity index (χ4n) is 3.14. The Hall–Kier alpha value is -1.92. The van der Waals surface area contributed by atoms with Crippen LogP contribution in [-0.2, 0) is 16.0 Å². The zero-order valence-electron chi connectivity index (χ0n) is 13.2. The molecule has 1 unspecified atom stereocenters. The highest BCUT2D eigenvalue weighted by atomic mass is 16.4. The molecule has 0 spiro atoms. The van der Waals surface area contributed by atoms with Crippen molar-refractivity contribution < 1.29 is 19.8 Å². The Labute approximate surface area is 136 Å². The van der Waals surface area contributed by atoms with Gasteiger partial charge in [-0.2, -0.15) is 0 Å². The van der Waals surface area contributed by atoms with Gasteiger partial charge >= 0.3 is 5.97 Å². The van der Waals surface area contributed by atoms with Gasteiger partial charge in [0.25, 0.3) is 0 Å². The number of carbonyl (C=O) groups excluding carboxylic acids is 1. The molecule has 0 radical (unpaired) electrons. The van der Waals surface area contributed by atoms with E-state index in [1.165, 1.54) is 11.1 Å². The van der Waals surface area contributed by atoms with E-state index < -0.39 is 5.97 Å². The monoisotopic (exact) mass is 320 g/mol. The lowest BCUT2D eigenvalue weighted by Gasteiger charge is -2.35. The number of carboxylic acids is 1. The van der Waals surface area contributed by atoms with Gasteiger partial charge in [0.05, 0.1) is 6.54 Å². The van der Waals surface area contributed by atoms with Crippen LogP contribution in [0.3, 0.4) is 0 Å². The predicted octanol–water partition coefficient (Wildman–Crippen LogP) is 0.949. The summed E-state index contributed by atoms with van der Waals surface area (Å²) in [7, 11) is 0. The van der Waals surface area contributed by atoms with Gasteiger partial charge in [0.15, 0.2) is 0 Å². The van der Waals surface area contributed by atoms with E-state index in [1.807, 2.05) is 17.0 Å². The topological polar surface area (TPSA) is 89.9 Å². The number of hydrogen-bond acceptors (Lipinski definition) is 4. The van der Waals surface area contributed by atoms with E-state index in [1.54, 1.807) is 0 Å². The highest BCUT2D eigenvalue weighted by Crippen LogP contribution is 2.34. The number of hydrogen-bond donors (Lipinski definition) is 3. The molecule has 0 saturated carbocycles. The second-order valence-electron chi connectivity index (χ2n) is 5.82. The van der Waals surface area contributed by atoms with Crippen LogP contribution in [0.2, 0.25) is 0 Å². The number of aliphatic hydroxyl groups excluding tert-OH is 1. The van der Waals surface area contributed by atoms with Crippen LogP contribution in [0.1, 0.15) is 36.4 Å². The standard InChI is InChI=1S/C17H24N2O4/c20-10-4-9-19(12-16(21)18-11-17(22)23)15-8-3-6-13-5-1-2-7-14(13)15/h1-2,5,7,15,20H,3-4,6,8-12H2,(H,18,21)(H,22,23). The second kappa shape index (κ2) is 8.64. The SMILES string of the molecule is O=C(O)CNC(=O)CN(CCCO)C1CCCc2ccccc21. The van der Waals surface area contributed by atoms with Crippen molar-refractivity contribution in [3.63, 3.8) is 0 Å². The van der Waals surface area contributed by atoms with Crippen molar-refractivity contribution in [1.29, 1.82) is 0 Å². The number of nitrogens with one attached hydrogen (secondary N) is 1. The van der Waals surface area contributed by atoms with Crippen molar-refractivity contribution in [3.05, 3.63) is 35.4 Å². The van der Waals surface area contributed by atoms with Gasteiger partial charge in [0.1, 0.15) is 6.54 Å². The highest BCUT2D eigenvalue weighted by Gasteiger charge is 2.26. The molecular formula is C17H24N2O4. The highest BCUT2D eigenvalue weighted by molar-refractivity contribution is 5.82. The van der Waals surface area contributed by atoms with Gasteiger partial charge in [-0.15, -0.1) is 0 Å². The van der Waals surface area contributed by atoms with E-state index in [9.17, 15) is 9.59 Å². The molecule has 3 N–H and O–H groups in total. The summed E-state index contributed by atoms with van der Waals surface area (Å²) in [5.41, 5.74) is 2.55. The molecule has 0 fully saturated rings. The van der Waals surface area contributed by atoms with Crippen molar-refractivity contribution >= 4 is 11.9 Å². The number of aryl methyl sites for hydroxylation is 1.